The molecule has 0 fully saturated rings. The molecular weight excluding hydrogens is 468 g/mol. The largest absolute Gasteiger partial charge is 0.466 e. The van der Waals surface area contributed by atoms with E-state index in [2.05, 4.69) is 27.2 Å². The Kier molecular flexibility index (Phi) is 10.8. The number of unbranched alkanes of at least 4 members (excludes halogenated alkanes) is 1. The van der Waals surface area contributed by atoms with Crippen LogP contribution in [0.25, 0.3) is 0 Å². The molecule has 0 N–H and O–H groups in total. The van der Waals surface area contributed by atoms with Crippen molar-refractivity contribution in [1.29, 1.82) is 0 Å². The average Bonchev–Trinajstić information content (AvgIpc) is 2.81. The number of carbonyl (C=O) groups is 3. The summed E-state index contributed by atoms with van der Waals surface area (Å²) in [6.45, 7) is -0.0468. The Morgan fingerprint density at radius 1 is 0.941 bits per heavy atom. The van der Waals surface area contributed by atoms with E-state index in [0.29, 0.717) is 18.5 Å². The van der Waals surface area contributed by atoms with Crippen molar-refractivity contribution in [2.75, 3.05) is 13.2 Å². The number of thiocarbonyl (C=S) groups is 1. The third-order valence-electron chi connectivity index (χ3n) is 4.08. The lowest BCUT2D eigenvalue weighted by atomic mass is 10.2. The fraction of sp³-hybridized carbons (Fsp3) is 0.273. The summed E-state index contributed by atoms with van der Waals surface area (Å²) in [5.41, 5.74) is 0.572. The summed E-state index contributed by atoms with van der Waals surface area (Å²) in [4.78, 5) is 54.4. The van der Waals surface area contributed by atoms with Gasteiger partial charge in [0, 0.05) is 0 Å². The first-order chi connectivity index (χ1) is 16.4. The average molecular weight is 488 g/mol. The van der Waals surface area contributed by atoms with Crippen LogP contribution < -0.4 is 9.47 Å². The van der Waals surface area contributed by atoms with Crippen LogP contribution in [0.4, 0.5) is 5.69 Å². The Balaban J connectivity index is 1.81. The third-order valence-corrected chi connectivity index (χ3v) is 4.18. The molecule has 0 amide bonds. The van der Waals surface area contributed by atoms with Gasteiger partial charge in [0.2, 0.25) is 0 Å². The Labute approximate surface area is 199 Å². The van der Waals surface area contributed by atoms with E-state index >= 15 is 0 Å². The predicted octanol–water partition coefficient (Wildman–Crippen LogP) is 3.86. The van der Waals surface area contributed by atoms with Crippen LogP contribution in [0.5, 0.6) is 11.5 Å². The first kappa shape index (κ1) is 26.1. The monoisotopic (exact) mass is 488 g/mol. The van der Waals surface area contributed by atoms with Crippen LogP contribution in [0.1, 0.15) is 36.0 Å². The molecular formula is C22H20N2O9S. The zero-order valence-corrected chi connectivity index (χ0v) is 18.7. The fourth-order valence-corrected chi connectivity index (χ4v) is 2.61. The number of nitrogens with zero attached hydrogens (tertiary/aromatic N) is 2. The molecule has 2 rings (SSSR count). The molecule has 0 aliphatic heterocycles. The number of hydrogen-bond acceptors (Lipinski definition) is 11. The summed E-state index contributed by atoms with van der Waals surface area (Å²) >= 11 is 4.53. The van der Waals surface area contributed by atoms with Gasteiger partial charge in [-0.25, -0.2) is 4.79 Å². The van der Waals surface area contributed by atoms with Gasteiger partial charge < -0.3 is 19.0 Å². The highest BCUT2D eigenvalue weighted by Crippen LogP contribution is 2.23. The maximum atomic E-state index is 12.5. The van der Waals surface area contributed by atoms with E-state index in [-0.39, 0.29) is 43.1 Å². The van der Waals surface area contributed by atoms with Crippen LogP contribution in [0.2, 0.25) is 0 Å². The maximum Gasteiger partial charge on any atom is 0.347 e. The van der Waals surface area contributed by atoms with Crippen molar-refractivity contribution in [2.45, 2.75) is 25.7 Å². The number of para-hydroxylation sites is 1. The molecule has 0 heterocycles. The van der Waals surface area contributed by atoms with Crippen LogP contribution in [-0.2, 0) is 19.2 Å². The molecule has 0 aromatic heterocycles. The van der Waals surface area contributed by atoms with Crippen LogP contribution in [-0.4, -0.2) is 41.4 Å². The van der Waals surface area contributed by atoms with Crippen molar-refractivity contribution in [1.82, 2.24) is 0 Å². The summed E-state index contributed by atoms with van der Waals surface area (Å²) in [7, 11) is 0. The number of isothiocyanates is 1. The third kappa shape index (κ3) is 9.55. The molecule has 0 saturated carbocycles. The van der Waals surface area contributed by atoms with E-state index < -0.39 is 23.0 Å². The number of ether oxygens (including phenoxy) is 3. The van der Waals surface area contributed by atoms with E-state index in [0.717, 1.165) is 0 Å². The van der Waals surface area contributed by atoms with Gasteiger partial charge in [-0.15, -0.1) is 10.1 Å². The van der Waals surface area contributed by atoms with Gasteiger partial charge in [-0.2, -0.15) is 4.99 Å². The zero-order chi connectivity index (χ0) is 24.8. The number of rotatable bonds is 13. The first-order valence-corrected chi connectivity index (χ1v) is 10.4. The number of esters is 3. The molecule has 12 heteroatoms. The SMILES string of the molecule is O=C(CCC(=O)Oc1ccccc1C(=O)Oc1ccc(N=C=S)cc1)OCCCCO[N+](=O)[O-]. The molecule has 0 aliphatic rings. The molecule has 0 aliphatic carbocycles. The second-order valence-corrected chi connectivity index (χ2v) is 6.72. The molecule has 0 radical (unpaired) electrons. The minimum Gasteiger partial charge on any atom is -0.466 e. The van der Waals surface area contributed by atoms with Crippen molar-refractivity contribution in [3.63, 3.8) is 0 Å². The summed E-state index contributed by atoms with van der Waals surface area (Å²) in [5, 5.41) is 11.3. The second-order valence-electron chi connectivity index (χ2n) is 6.54. The van der Waals surface area contributed by atoms with E-state index in [1.165, 1.54) is 24.3 Å². The molecule has 0 saturated heterocycles. The molecule has 0 spiro atoms. The lowest BCUT2D eigenvalue weighted by molar-refractivity contribution is -0.757. The number of carbonyl (C=O) groups excluding carboxylic acids is 3. The minimum absolute atomic E-state index is 0.0152. The predicted molar refractivity (Wildman–Crippen MR) is 121 cm³/mol. The minimum atomic E-state index is -0.897. The molecule has 2 aromatic rings. The van der Waals surface area contributed by atoms with E-state index in [1.807, 2.05) is 0 Å². The second kappa shape index (κ2) is 14.1. The van der Waals surface area contributed by atoms with Gasteiger partial charge in [0.05, 0.1) is 36.9 Å². The summed E-state index contributed by atoms with van der Waals surface area (Å²) in [5.74, 6) is -1.86. The topological polar surface area (TPSA) is 144 Å². The van der Waals surface area contributed by atoms with E-state index in [4.69, 9.17) is 14.2 Å². The van der Waals surface area contributed by atoms with Crippen LogP contribution in [0.15, 0.2) is 53.5 Å². The van der Waals surface area contributed by atoms with Gasteiger partial charge in [0.1, 0.15) is 17.1 Å². The standard InChI is InChI=1S/C22H20N2O9S/c25-20(30-13-3-4-14-31-24(28)29)11-12-21(26)33-19-6-2-1-5-18(19)22(27)32-17-9-7-16(8-10-17)23-15-34/h1-2,5-10H,3-4,11-14H2. The maximum absolute atomic E-state index is 12.5. The number of benzene rings is 2. The Morgan fingerprint density at radius 3 is 2.32 bits per heavy atom. The first-order valence-electron chi connectivity index (χ1n) is 10.0. The molecule has 178 valence electrons. The van der Waals surface area contributed by atoms with Gasteiger partial charge >= 0.3 is 17.9 Å². The molecule has 34 heavy (non-hydrogen) atoms. The highest BCUT2D eigenvalue weighted by Gasteiger charge is 2.18. The van der Waals surface area contributed by atoms with Crippen molar-refractivity contribution in [2.24, 2.45) is 4.99 Å². The molecule has 0 atom stereocenters. The van der Waals surface area contributed by atoms with E-state index in [9.17, 15) is 24.5 Å². The van der Waals surface area contributed by atoms with Gasteiger partial charge in [-0.05, 0) is 61.5 Å². The highest BCUT2D eigenvalue weighted by molar-refractivity contribution is 7.78. The smallest absolute Gasteiger partial charge is 0.347 e. The number of hydrogen-bond donors (Lipinski definition) is 0. The Bertz CT molecular complexity index is 1070. The van der Waals surface area contributed by atoms with Gasteiger partial charge in [-0.3, -0.25) is 9.59 Å². The quantitative estimate of drug-likeness (QED) is 0.0775. The summed E-state index contributed by atoms with van der Waals surface area (Å²) in [6, 6.07) is 12.3. The molecule has 0 unspecified atom stereocenters. The van der Waals surface area contributed by atoms with Crippen molar-refractivity contribution in [3.8, 4) is 11.5 Å². The van der Waals surface area contributed by atoms with Gasteiger partial charge in [-0.1, -0.05) is 12.1 Å². The van der Waals surface area contributed by atoms with Gasteiger partial charge in [0.25, 0.3) is 5.09 Å². The Hall–Kier alpha value is -4.15. The Morgan fingerprint density at radius 2 is 1.62 bits per heavy atom. The van der Waals surface area contributed by atoms with Crippen molar-refractivity contribution < 1.29 is 38.5 Å². The molecule has 11 nitrogen and oxygen atoms in total. The lowest BCUT2D eigenvalue weighted by Gasteiger charge is -2.10. The van der Waals surface area contributed by atoms with Gasteiger partial charge in [0.15, 0.2) is 0 Å². The fourth-order valence-electron chi connectivity index (χ4n) is 2.51. The lowest BCUT2D eigenvalue weighted by Crippen LogP contribution is -2.16. The number of aliphatic imine (C=N–C) groups is 1. The van der Waals surface area contributed by atoms with Crippen molar-refractivity contribution in [3.05, 3.63) is 64.2 Å². The van der Waals surface area contributed by atoms with E-state index in [1.54, 1.807) is 24.3 Å². The van der Waals surface area contributed by atoms with Crippen LogP contribution in [0.3, 0.4) is 0 Å². The summed E-state index contributed by atoms with van der Waals surface area (Å²) in [6.07, 6.45) is 0.220. The van der Waals surface area contributed by atoms with Crippen LogP contribution >= 0.6 is 12.2 Å². The summed E-state index contributed by atoms with van der Waals surface area (Å²) < 4.78 is 15.5. The zero-order valence-electron chi connectivity index (χ0n) is 17.8. The molecule has 0 bridgehead atoms. The van der Waals surface area contributed by atoms with Crippen molar-refractivity contribution >= 4 is 41.0 Å². The normalized spacial score (nSPS) is 9.88. The highest BCUT2D eigenvalue weighted by atomic mass is 32.1. The molecule has 2 aromatic carbocycles. The van der Waals surface area contributed by atoms with Crippen LogP contribution in [0, 0.1) is 10.1 Å².